The normalized spacial score (nSPS) is 21.7. The second-order valence-electron chi connectivity index (χ2n) is 18.6. The fourth-order valence-electron chi connectivity index (χ4n) is 8.79. The van der Waals surface area contributed by atoms with Crippen LogP contribution < -0.4 is 20.7 Å². The van der Waals surface area contributed by atoms with Gasteiger partial charge in [0.1, 0.15) is 46.1 Å². The number of halogens is 1. The number of sulfonamides is 1. The van der Waals surface area contributed by atoms with E-state index in [4.69, 9.17) is 18.9 Å². The summed E-state index contributed by atoms with van der Waals surface area (Å²) in [6.45, 7) is 9.02. The zero-order chi connectivity index (χ0) is 48.5. The molecule has 0 bridgehead atoms. The lowest BCUT2D eigenvalue weighted by atomic mass is 10.1. The number of alkyl carbamates (subject to hydrolysis) is 1. The van der Waals surface area contributed by atoms with E-state index in [0.717, 1.165) is 49.8 Å². The number of methoxy groups -OCH3 is 1. The standard InChI is InChI=1S/C47H63FN6O12S/c1-6-31-26-47(31,51-40(55)38-25-33(28-54(38)45(60)66-46(2,3)4)65-44(59)53-27-30-17-16-20-35(48)34(30)29-53)42(57)52-67(61,62)39-23-14-13-21-36(39)49-24-15-9-7-8-10-22-37(41(56)63-5)50-43(58)64-32-18-11-12-19-32/h6,13-14,16-17,20-21,23,31-33,37-38,49H,1,7-12,15,18-19,22,24-29H2,2-5H3,(H,50,58)(H,51,55)(H,52,57)/t31-,33-,37+,38+,47-/m1/s1. The van der Waals surface area contributed by atoms with E-state index in [1.165, 1.54) is 36.3 Å². The second kappa shape index (κ2) is 21.8. The van der Waals surface area contributed by atoms with Crippen molar-refractivity contribution in [3.05, 3.63) is 72.1 Å². The van der Waals surface area contributed by atoms with Gasteiger partial charge in [0.2, 0.25) is 5.91 Å². The minimum atomic E-state index is -4.50. The van der Waals surface area contributed by atoms with Crippen molar-refractivity contribution >= 4 is 51.8 Å². The summed E-state index contributed by atoms with van der Waals surface area (Å²) < 4.78 is 65.9. The van der Waals surface area contributed by atoms with Gasteiger partial charge in [0.15, 0.2) is 0 Å². The van der Waals surface area contributed by atoms with Crippen molar-refractivity contribution in [2.75, 3.05) is 25.5 Å². The van der Waals surface area contributed by atoms with Crippen molar-refractivity contribution in [1.82, 2.24) is 25.2 Å². The first-order valence-electron chi connectivity index (χ1n) is 22.9. The molecular weight excluding hydrogens is 892 g/mol. The fourth-order valence-corrected chi connectivity index (χ4v) is 10.0. The second-order valence-corrected chi connectivity index (χ2v) is 20.2. The van der Waals surface area contributed by atoms with Crippen LogP contribution in [-0.2, 0) is 56.4 Å². The smallest absolute Gasteiger partial charge is 0.411 e. The number of fused-ring (bicyclic) bond motifs is 1. The fraction of sp³-hybridized carbons (Fsp3) is 0.574. The molecule has 4 aliphatic rings. The molecule has 2 heterocycles. The van der Waals surface area contributed by atoms with Gasteiger partial charge in [-0.25, -0.2) is 36.7 Å². The largest absolute Gasteiger partial charge is 0.467 e. The number of nitrogens with one attached hydrogen (secondary N) is 4. The summed E-state index contributed by atoms with van der Waals surface area (Å²) in [5, 5.41) is 8.48. The lowest BCUT2D eigenvalue weighted by molar-refractivity contribution is -0.143. The summed E-state index contributed by atoms with van der Waals surface area (Å²) in [4.78, 5) is 81.7. The van der Waals surface area contributed by atoms with Crippen molar-refractivity contribution in [2.24, 2.45) is 5.92 Å². The van der Waals surface area contributed by atoms with E-state index in [-0.39, 0.29) is 49.2 Å². The Morgan fingerprint density at radius 1 is 0.925 bits per heavy atom. The number of nitrogens with zero attached hydrogens (tertiary/aromatic N) is 2. The Morgan fingerprint density at radius 2 is 1.64 bits per heavy atom. The summed E-state index contributed by atoms with van der Waals surface area (Å²) in [6.07, 6.45) is 5.71. The first kappa shape index (κ1) is 50.5. The molecule has 2 aromatic rings. The topological polar surface area (TPSA) is 228 Å². The summed E-state index contributed by atoms with van der Waals surface area (Å²) in [7, 11) is -3.23. The number of likely N-dealkylation sites (tertiary alicyclic amines) is 1. The van der Waals surface area contributed by atoms with Crippen LogP contribution in [0.2, 0.25) is 0 Å². The Labute approximate surface area is 391 Å². The van der Waals surface area contributed by atoms with Gasteiger partial charge in [-0.2, -0.15) is 0 Å². The predicted molar refractivity (Wildman–Crippen MR) is 242 cm³/mol. The number of rotatable bonds is 19. The van der Waals surface area contributed by atoms with Crippen LogP contribution in [0.25, 0.3) is 0 Å². The maximum absolute atomic E-state index is 14.4. The zero-order valence-electron chi connectivity index (χ0n) is 38.6. The average Bonchev–Trinajstić information content (AvgIpc) is 3.68. The number of hydrogen-bond donors (Lipinski definition) is 4. The summed E-state index contributed by atoms with van der Waals surface area (Å²) in [6, 6.07) is 8.60. The molecule has 6 rings (SSSR count). The number of carbonyl (C=O) groups excluding carboxylic acids is 6. The molecule has 3 fully saturated rings. The maximum atomic E-state index is 14.4. The highest BCUT2D eigenvalue weighted by Crippen LogP contribution is 2.45. The van der Waals surface area contributed by atoms with Gasteiger partial charge >= 0.3 is 24.2 Å². The number of hydrogen-bond acceptors (Lipinski definition) is 13. The summed E-state index contributed by atoms with van der Waals surface area (Å²) in [5.74, 6) is -3.42. The van der Waals surface area contributed by atoms with Gasteiger partial charge in [0.25, 0.3) is 15.9 Å². The molecule has 366 valence electrons. The maximum Gasteiger partial charge on any atom is 0.411 e. The van der Waals surface area contributed by atoms with Gasteiger partial charge in [-0.15, -0.1) is 6.58 Å². The molecule has 2 aliphatic heterocycles. The molecular formula is C47H63FN6O12S. The number of amides is 5. The molecule has 0 spiro atoms. The molecule has 5 amide bonds. The molecule has 0 unspecified atom stereocenters. The van der Waals surface area contributed by atoms with E-state index in [1.54, 1.807) is 45.0 Å². The van der Waals surface area contributed by atoms with Crippen molar-refractivity contribution in [3.8, 4) is 0 Å². The number of benzene rings is 2. The lowest BCUT2D eigenvalue weighted by Gasteiger charge is -2.29. The Morgan fingerprint density at radius 3 is 2.33 bits per heavy atom. The highest BCUT2D eigenvalue weighted by molar-refractivity contribution is 7.90. The first-order valence-corrected chi connectivity index (χ1v) is 24.4. The first-order chi connectivity index (χ1) is 31.8. The molecule has 5 atom stereocenters. The minimum Gasteiger partial charge on any atom is -0.467 e. The van der Waals surface area contributed by atoms with E-state index >= 15 is 0 Å². The third-order valence-corrected chi connectivity index (χ3v) is 13.8. The predicted octanol–water partition coefficient (Wildman–Crippen LogP) is 6.18. The van der Waals surface area contributed by atoms with Crippen LogP contribution in [0.15, 0.2) is 60.0 Å². The van der Waals surface area contributed by atoms with E-state index in [1.807, 2.05) is 0 Å². The number of para-hydroxylation sites is 1. The summed E-state index contributed by atoms with van der Waals surface area (Å²) >= 11 is 0. The van der Waals surface area contributed by atoms with Crippen molar-refractivity contribution in [1.29, 1.82) is 0 Å². The average molecular weight is 955 g/mol. The Hall–Kier alpha value is -5.92. The monoisotopic (exact) mass is 954 g/mol. The molecule has 18 nitrogen and oxygen atoms in total. The van der Waals surface area contributed by atoms with Crippen molar-refractivity contribution < 1.29 is 60.5 Å². The number of carbonyl (C=O) groups is 6. The van der Waals surface area contributed by atoms with Crippen molar-refractivity contribution in [2.45, 2.75) is 151 Å². The third-order valence-electron chi connectivity index (χ3n) is 12.4. The highest BCUT2D eigenvalue weighted by Gasteiger charge is 2.61. The molecule has 2 aliphatic carbocycles. The molecule has 1 saturated heterocycles. The molecule has 2 saturated carbocycles. The number of anilines is 1. The zero-order valence-corrected chi connectivity index (χ0v) is 39.4. The van der Waals surface area contributed by atoms with Gasteiger partial charge in [-0.05, 0) is 89.5 Å². The van der Waals surface area contributed by atoms with E-state index in [0.29, 0.717) is 36.9 Å². The molecule has 4 N–H and O–H groups in total. The van der Waals surface area contributed by atoms with Crippen LogP contribution in [0.5, 0.6) is 0 Å². The van der Waals surface area contributed by atoms with Crippen molar-refractivity contribution in [3.63, 3.8) is 0 Å². The van der Waals surface area contributed by atoms with Crippen LogP contribution in [0, 0.1) is 11.7 Å². The van der Waals surface area contributed by atoms with Gasteiger partial charge in [0, 0.05) is 31.0 Å². The van der Waals surface area contributed by atoms with E-state index < -0.39 is 87.1 Å². The van der Waals surface area contributed by atoms with Crippen LogP contribution >= 0.6 is 0 Å². The molecule has 0 radical (unpaired) electrons. The Bertz CT molecular complexity index is 2280. The van der Waals surface area contributed by atoms with Gasteiger partial charge in [-0.3, -0.25) is 19.4 Å². The molecule has 67 heavy (non-hydrogen) atoms. The van der Waals surface area contributed by atoms with Crippen LogP contribution in [-0.4, -0.2) is 110 Å². The van der Waals surface area contributed by atoms with Gasteiger partial charge in [0.05, 0.1) is 25.9 Å². The highest BCUT2D eigenvalue weighted by atomic mass is 32.2. The summed E-state index contributed by atoms with van der Waals surface area (Å²) in [5.41, 5.74) is -1.40. The van der Waals surface area contributed by atoms with Crippen LogP contribution in [0.1, 0.15) is 109 Å². The quantitative estimate of drug-likeness (QED) is 0.0534. The van der Waals surface area contributed by atoms with E-state index in [2.05, 4.69) is 27.3 Å². The number of unbranched alkanes of at least 4 members (excludes halogenated alkanes) is 4. The molecule has 2 aromatic carbocycles. The third kappa shape index (κ3) is 13.0. The number of esters is 1. The molecule has 20 heteroatoms. The van der Waals surface area contributed by atoms with Gasteiger partial charge < -0.3 is 34.9 Å². The number of ether oxygens (including phenoxy) is 4. The van der Waals surface area contributed by atoms with Crippen LogP contribution in [0.3, 0.4) is 0 Å². The molecule has 0 aromatic heterocycles. The SMILES string of the molecule is C=C[C@@H]1C[C@]1(NC(=O)[C@@H]1C[C@@H](OC(=O)N2Cc3cccc(F)c3C2)CN1C(=O)OC(C)(C)C)C(=O)NS(=O)(=O)c1ccccc1NCCCCCCC[C@H](NC(=O)OC1CCCC1)C(=O)OC. The van der Waals surface area contributed by atoms with Crippen LogP contribution in [0.4, 0.5) is 24.5 Å². The van der Waals surface area contributed by atoms with Gasteiger partial charge in [-0.1, -0.05) is 56.0 Å². The van der Waals surface area contributed by atoms with E-state index in [9.17, 15) is 41.6 Å². The lowest BCUT2D eigenvalue weighted by Crippen LogP contribution is -2.56. The Kier molecular flexibility index (Phi) is 16.4. The minimum absolute atomic E-state index is 0.0125. The Balaban J connectivity index is 1.01.